The molecule has 0 spiro atoms. The van der Waals surface area contributed by atoms with Crippen LogP contribution >= 0.6 is 0 Å². The maximum Gasteiger partial charge on any atom is 0.0546 e. The quantitative estimate of drug-likeness (QED) is 0.321. The maximum absolute atomic E-state index is 2.89. The van der Waals surface area contributed by atoms with Crippen LogP contribution in [-0.2, 0) is 0 Å². The molecule has 0 radical (unpaired) electrons. The van der Waals surface area contributed by atoms with Crippen molar-refractivity contribution in [1.82, 2.24) is 0 Å². The summed E-state index contributed by atoms with van der Waals surface area (Å²) in [6.45, 7) is 11.1. The van der Waals surface area contributed by atoms with Gasteiger partial charge in [-0.3, -0.25) is 0 Å². The van der Waals surface area contributed by atoms with E-state index in [1.54, 1.807) is 32.1 Å². The first-order valence-electron chi connectivity index (χ1n) is 13.7. The second-order valence-corrected chi connectivity index (χ2v) is 17.9. The largest absolute Gasteiger partial charge is 0.0850 e. The molecule has 0 saturated heterocycles. The zero-order valence-corrected chi connectivity index (χ0v) is 21.0. The highest BCUT2D eigenvalue weighted by Gasteiger charge is 2.58. The lowest BCUT2D eigenvalue weighted by atomic mass is 9.69. The normalized spacial score (nSPS) is 48.1. The van der Waals surface area contributed by atoms with Gasteiger partial charge in [-0.2, -0.15) is 0 Å². The van der Waals surface area contributed by atoms with Gasteiger partial charge < -0.3 is 0 Å². The lowest BCUT2D eigenvalue weighted by molar-refractivity contribution is 0.201. The molecule has 5 aliphatic rings. The Morgan fingerprint density at radius 2 is 1.45 bits per heavy atom. The van der Waals surface area contributed by atoms with E-state index in [4.69, 9.17) is 0 Å². The Hall–Kier alpha value is -0.0431. The van der Waals surface area contributed by atoms with Crippen LogP contribution in [0.4, 0.5) is 0 Å². The van der Waals surface area contributed by atoms with Gasteiger partial charge in [0.2, 0.25) is 0 Å². The van der Waals surface area contributed by atoms with Crippen LogP contribution in [0, 0.1) is 41.4 Å². The van der Waals surface area contributed by atoms with Gasteiger partial charge in [-0.15, -0.1) is 0 Å². The molecular weight excluding hydrogens is 364 g/mol. The lowest BCUT2D eigenvalue weighted by Crippen LogP contribution is -2.47. The molecule has 29 heavy (non-hydrogen) atoms. The Morgan fingerprint density at radius 3 is 2.24 bits per heavy atom. The predicted molar refractivity (Wildman–Crippen MR) is 129 cm³/mol. The molecule has 1 heteroatoms. The zero-order valence-electron chi connectivity index (χ0n) is 20.0. The minimum Gasteiger partial charge on any atom is -0.0850 e. The van der Waals surface area contributed by atoms with Crippen LogP contribution in [-0.4, -0.2) is 8.07 Å². The van der Waals surface area contributed by atoms with Crippen LogP contribution in [0.25, 0.3) is 0 Å². The van der Waals surface area contributed by atoms with E-state index >= 15 is 0 Å². The van der Waals surface area contributed by atoms with E-state index < -0.39 is 8.07 Å². The third kappa shape index (κ3) is 3.54. The molecule has 0 amide bonds. The predicted octanol–water partition coefficient (Wildman–Crippen LogP) is 8.85. The fourth-order valence-corrected chi connectivity index (χ4v) is 17.3. The van der Waals surface area contributed by atoms with E-state index in [1.807, 2.05) is 5.57 Å². The van der Waals surface area contributed by atoms with Gasteiger partial charge in [0.15, 0.2) is 0 Å². The van der Waals surface area contributed by atoms with Gasteiger partial charge in [0.05, 0.1) is 8.07 Å². The average molecular weight is 413 g/mol. The Labute approximate surface area is 182 Å². The van der Waals surface area contributed by atoms with Crippen LogP contribution in [0.15, 0.2) is 11.6 Å². The molecular formula is C28H48Si. The molecule has 0 aromatic rings. The highest BCUT2D eigenvalue weighted by Crippen LogP contribution is 2.65. The summed E-state index contributed by atoms with van der Waals surface area (Å²) in [7, 11) is -1.28. The van der Waals surface area contributed by atoms with E-state index in [2.05, 4.69) is 33.0 Å². The molecule has 0 bridgehead atoms. The Kier molecular flexibility index (Phi) is 5.85. The van der Waals surface area contributed by atoms with Crippen molar-refractivity contribution in [3.8, 4) is 0 Å². The molecule has 0 heterocycles. The Balaban J connectivity index is 1.41. The minimum atomic E-state index is -1.28. The first-order valence-corrected chi connectivity index (χ1v) is 16.8. The van der Waals surface area contributed by atoms with Crippen molar-refractivity contribution in [2.75, 3.05) is 0 Å². The van der Waals surface area contributed by atoms with Crippen molar-refractivity contribution < 1.29 is 0 Å². The molecule has 0 aliphatic heterocycles. The average Bonchev–Trinajstić information content (AvgIpc) is 3.24. The molecule has 5 rings (SSSR count). The molecule has 9 unspecified atom stereocenters. The van der Waals surface area contributed by atoms with Crippen LogP contribution in [0.1, 0.15) is 97.3 Å². The molecule has 0 aromatic heterocycles. The monoisotopic (exact) mass is 412 g/mol. The summed E-state index contributed by atoms with van der Waals surface area (Å²) in [6, 6.07) is 0. The van der Waals surface area contributed by atoms with E-state index in [9.17, 15) is 0 Å². The van der Waals surface area contributed by atoms with Gasteiger partial charge in [-0.25, -0.2) is 0 Å². The molecule has 164 valence electrons. The van der Waals surface area contributed by atoms with Crippen LogP contribution in [0.5, 0.6) is 0 Å². The third-order valence-corrected chi connectivity index (χ3v) is 16.5. The molecule has 4 saturated carbocycles. The van der Waals surface area contributed by atoms with Crippen molar-refractivity contribution in [2.24, 2.45) is 41.4 Å². The summed E-state index contributed by atoms with van der Waals surface area (Å²) in [4.78, 5) is 0. The summed E-state index contributed by atoms with van der Waals surface area (Å²) in [5.41, 5.74) is 4.17. The van der Waals surface area contributed by atoms with Crippen molar-refractivity contribution >= 4 is 8.07 Å². The smallest absolute Gasteiger partial charge is 0.0546 e. The van der Waals surface area contributed by atoms with Gasteiger partial charge in [0.25, 0.3) is 0 Å². The molecule has 0 N–H and O–H groups in total. The van der Waals surface area contributed by atoms with E-state index in [0.717, 1.165) is 52.5 Å². The van der Waals surface area contributed by atoms with E-state index in [1.165, 1.54) is 51.4 Å². The Bertz CT molecular complexity index is 618. The second kappa shape index (κ2) is 8.14. The number of hydrogen-bond acceptors (Lipinski definition) is 0. The van der Waals surface area contributed by atoms with Crippen molar-refractivity contribution in [3.05, 3.63) is 11.6 Å². The molecule has 4 fully saturated rings. The van der Waals surface area contributed by atoms with Crippen molar-refractivity contribution in [3.63, 3.8) is 0 Å². The van der Waals surface area contributed by atoms with Crippen LogP contribution in [0.2, 0.25) is 24.2 Å². The lowest BCUT2D eigenvalue weighted by Gasteiger charge is -2.48. The van der Waals surface area contributed by atoms with Crippen LogP contribution < -0.4 is 0 Å². The van der Waals surface area contributed by atoms with E-state index in [0.29, 0.717) is 0 Å². The van der Waals surface area contributed by atoms with Gasteiger partial charge in [0, 0.05) is 0 Å². The third-order valence-electron chi connectivity index (χ3n) is 11.1. The van der Waals surface area contributed by atoms with Gasteiger partial charge in [-0.05, 0) is 97.5 Å². The topological polar surface area (TPSA) is 0 Å². The fourth-order valence-electron chi connectivity index (χ4n) is 10.6. The summed E-state index contributed by atoms with van der Waals surface area (Å²) in [5, 5.41) is 0. The first-order chi connectivity index (χ1) is 14.0. The maximum atomic E-state index is 2.89. The summed E-state index contributed by atoms with van der Waals surface area (Å²) >= 11 is 0. The van der Waals surface area contributed by atoms with Gasteiger partial charge in [0.1, 0.15) is 0 Å². The summed E-state index contributed by atoms with van der Waals surface area (Å²) in [5.74, 6) is 7.38. The van der Waals surface area contributed by atoms with E-state index in [-0.39, 0.29) is 0 Å². The Morgan fingerprint density at radius 1 is 0.724 bits per heavy atom. The minimum absolute atomic E-state index is 0.981. The standard InChI is InChI=1S/C28H48Si/c1-19-17-22-13-8-9-14-24(22)27(19)29(3,4)28-20(2)18-26-23(15-10-16-25(26)28)21-11-6-5-7-12-21/h11,19-20,22-28H,5-10,12-18H2,1-4H3. The number of rotatable bonds is 3. The van der Waals surface area contributed by atoms with Gasteiger partial charge >= 0.3 is 0 Å². The SMILES string of the molecule is CC1CC2CCCCC2C1[Si](C)(C)C1C(C)CC2C(C3=CCCCC3)CCCC21. The number of hydrogen-bond donors (Lipinski definition) is 0. The van der Waals surface area contributed by atoms with Gasteiger partial charge in [-0.1, -0.05) is 77.1 Å². The zero-order chi connectivity index (χ0) is 20.2. The van der Waals surface area contributed by atoms with Crippen LogP contribution in [0.3, 0.4) is 0 Å². The summed E-state index contributed by atoms with van der Waals surface area (Å²) in [6.07, 6.45) is 22.5. The summed E-state index contributed by atoms with van der Waals surface area (Å²) < 4.78 is 0. The highest BCUT2D eigenvalue weighted by molar-refractivity contribution is 6.80. The fraction of sp³-hybridized carbons (Fsp3) is 0.929. The number of allylic oxidation sites excluding steroid dienone is 2. The molecule has 9 atom stereocenters. The van der Waals surface area contributed by atoms with Crippen molar-refractivity contribution in [2.45, 2.75) is 121 Å². The molecule has 0 nitrogen and oxygen atoms in total. The second-order valence-electron chi connectivity index (χ2n) is 12.9. The van der Waals surface area contributed by atoms with Crippen molar-refractivity contribution in [1.29, 1.82) is 0 Å². The molecule has 5 aliphatic carbocycles. The number of fused-ring (bicyclic) bond motifs is 2. The highest BCUT2D eigenvalue weighted by atomic mass is 28.3. The first kappa shape index (κ1) is 20.8. The molecule has 0 aromatic carbocycles.